The zero-order valence-electron chi connectivity index (χ0n) is 9.57. The first-order valence-corrected chi connectivity index (χ1v) is 5.08. The highest BCUT2D eigenvalue weighted by Crippen LogP contribution is 2.14. The number of halogens is 2. The average molecular weight is 252 g/mol. The average Bonchev–Trinajstić information content (AvgIpc) is 2.25. The predicted molar refractivity (Wildman–Crippen MR) is 52.4 cm³/mol. The number of esters is 2. The Hall–Kier alpha value is -1.53. The number of ether oxygens (including phenoxy) is 2. The summed E-state index contributed by atoms with van der Waals surface area (Å²) >= 11 is 0. The highest BCUT2D eigenvalue weighted by molar-refractivity contribution is 6.03. The van der Waals surface area contributed by atoms with Gasteiger partial charge in [-0.15, -0.1) is 0 Å². The molecular formula is C10H14F2O5. The Balaban J connectivity index is 4.67. The third kappa shape index (κ3) is 5.37. The van der Waals surface area contributed by atoms with Gasteiger partial charge in [-0.25, -0.2) is 8.78 Å². The summed E-state index contributed by atoms with van der Waals surface area (Å²) in [4.78, 5) is 33.3. The summed E-state index contributed by atoms with van der Waals surface area (Å²) in [6, 6.07) is 0. The van der Waals surface area contributed by atoms with E-state index in [4.69, 9.17) is 0 Å². The number of hydrogen-bond acceptors (Lipinski definition) is 5. The van der Waals surface area contributed by atoms with Crippen LogP contribution in [0.15, 0.2) is 0 Å². The maximum Gasteiger partial charge on any atom is 0.317 e. The summed E-state index contributed by atoms with van der Waals surface area (Å²) in [6.07, 6.45) is -4.05. The number of ketones is 1. The van der Waals surface area contributed by atoms with Gasteiger partial charge in [-0.1, -0.05) is 0 Å². The second kappa shape index (κ2) is 7.70. The van der Waals surface area contributed by atoms with E-state index >= 15 is 0 Å². The van der Waals surface area contributed by atoms with Gasteiger partial charge in [0.15, 0.2) is 0 Å². The lowest BCUT2D eigenvalue weighted by Gasteiger charge is -2.13. The molecular weight excluding hydrogens is 238 g/mol. The van der Waals surface area contributed by atoms with Crippen LogP contribution >= 0.6 is 0 Å². The van der Waals surface area contributed by atoms with Crippen molar-refractivity contribution >= 4 is 17.7 Å². The Morgan fingerprint density at radius 1 is 1.06 bits per heavy atom. The van der Waals surface area contributed by atoms with Crippen LogP contribution in [0, 0.1) is 5.92 Å². The number of carbonyl (C=O) groups is 3. The second-order valence-corrected chi connectivity index (χ2v) is 3.02. The van der Waals surface area contributed by atoms with E-state index in [1.807, 2.05) is 0 Å². The van der Waals surface area contributed by atoms with Gasteiger partial charge in [-0.05, 0) is 13.8 Å². The van der Waals surface area contributed by atoms with Crippen molar-refractivity contribution in [3.05, 3.63) is 0 Å². The molecule has 0 aromatic rings. The van der Waals surface area contributed by atoms with Crippen LogP contribution in [0.5, 0.6) is 0 Å². The Bertz CT molecular complexity index is 290. The Labute approximate surface area is 97.1 Å². The van der Waals surface area contributed by atoms with Crippen molar-refractivity contribution in [3.8, 4) is 0 Å². The standard InChI is InChI=1S/C10H14F2O5/c1-3-16-7(13)5-6(8(14)9(11)12)10(15)17-4-2/h6,9H,3-5H2,1-2H3. The first-order valence-electron chi connectivity index (χ1n) is 5.08. The quantitative estimate of drug-likeness (QED) is 0.498. The van der Waals surface area contributed by atoms with Gasteiger partial charge in [-0.3, -0.25) is 14.4 Å². The van der Waals surface area contributed by atoms with E-state index in [2.05, 4.69) is 9.47 Å². The van der Waals surface area contributed by atoms with Crippen LogP contribution < -0.4 is 0 Å². The van der Waals surface area contributed by atoms with E-state index in [1.165, 1.54) is 13.8 Å². The van der Waals surface area contributed by atoms with Crippen molar-refractivity contribution in [3.63, 3.8) is 0 Å². The van der Waals surface area contributed by atoms with E-state index in [0.717, 1.165) is 0 Å². The Morgan fingerprint density at radius 2 is 1.59 bits per heavy atom. The van der Waals surface area contributed by atoms with E-state index in [0.29, 0.717) is 0 Å². The molecule has 0 fully saturated rings. The molecule has 1 unspecified atom stereocenters. The second-order valence-electron chi connectivity index (χ2n) is 3.02. The summed E-state index contributed by atoms with van der Waals surface area (Å²) < 4.78 is 33.4. The molecule has 0 saturated heterocycles. The van der Waals surface area contributed by atoms with E-state index < -0.39 is 36.5 Å². The molecule has 0 aromatic heterocycles. The first-order chi connectivity index (χ1) is 7.93. The van der Waals surface area contributed by atoms with Gasteiger partial charge >= 0.3 is 11.9 Å². The maximum atomic E-state index is 12.2. The highest BCUT2D eigenvalue weighted by Gasteiger charge is 2.36. The number of alkyl halides is 2. The molecule has 0 aliphatic rings. The SMILES string of the molecule is CCOC(=O)CC(C(=O)OCC)C(=O)C(F)F. The van der Waals surface area contributed by atoms with Crippen LogP contribution in [0.4, 0.5) is 8.78 Å². The summed E-state index contributed by atoms with van der Waals surface area (Å²) in [5.74, 6) is -5.45. The van der Waals surface area contributed by atoms with Crippen molar-refractivity contribution in [1.82, 2.24) is 0 Å². The zero-order valence-corrected chi connectivity index (χ0v) is 9.57. The molecule has 0 spiro atoms. The van der Waals surface area contributed by atoms with Gasteiger partial charge in [0.1, 0.15) is 5.92 Å². The third-order valence-electron chi connectivity index (χ3n) is 1.81. The van der Waals surface area contributed by atoms with Gasteiger partial charge in [0.05, 0.1) is 19.6 Å². The van der Waals surface area contributed by atoms with E-state index in [1.54, 1.807) is 0 Å². The smallest absolute Gasteiger partial charge is 0.317 e. The van der Waals surface area contributed by atoms with Crippen LogP contribution in [-0.2, 0) is 23.9 Å². The minimum atomic E-state index is -3.32. The number of rotatable bonds is 7. The summed E-state index contributed by atoms with van der Waals surface area (Å²) in [5.41, 5.74) is 0. The van der Waals surface area contributed by atoms with Gasteiger partial charge in [0.25, 0.3) is 6.43 Å². The number of carbonyl (C=O) groups excluding carboxylic acids is 3. The van der Waals surface area contributed by atoms with Crippen molar-refractivity contribution in [2.75, 3.05) is 13.2 Å². The van der Waals surface area contributed by atoms with Crippen molar-refractivity contribution < 1.29 is 32.6 Å². The fraction of sp³-hybridized carbons (Fsp3) is 0.700. The van der Waals surface area contributed by atoms with Gasteiger partial charge in [-0.2, -0.15) is 0 Å². The molecule has 98 valence electrons. The van der Waals surface area contributed by atoms with Crippen LogP contribution in [0.2, 0.25) is 0 Å². The fourth-order valence-corrected chi connectivity index (χ4v) is 1.08. The monoisotopic (exact) mass is 252 g/mol. The third-order valence-corrected chi connectivity index (χ3v) is 1.81. The van der Waals surface area contributed by atoms with Crippen LogP contribution in [-0.4, -0.2) is 37.4 Å². The van der Waals surface area contributed by atoms with E-state index in [9.17, 15) is 23.2 Å². The largest absolute Gasteiger partial charge is 0.466 e. The lowest BCUT2D eigenvalue weighted by Crippen LogP contribution is -2.33. The van der Waals surface area contributed by atoms with Crippen LogP contribution in [0.1, 0.15) is 20.3 Å². The van der Waals surface area contributed by atoms with Gasteiger partial charge in [0, 0.05) is 0 Å². The number of Topliss-reactive ketones (excluding diaryl/α,β-unsaturated/α-hetero) is 1. The van der Waals surface area contributed by atoms with Crippen molar-refractivity contribution in [1.29, 1.82) is 0 Å². The Kier molecular flexibility index (Phi) is 7.00. The molecule has 0 saturated carbocycles. The molecule has 0 aliphatic heterocycles. The molecule has 0 heterocycles. The minimum absolute atomic E-state index is 0.0389. The van der Waals surface area contributed by atoms with Gasteiger partial charge < -0.3 is 9.47 Å². The van der Waals surface area contributed by atoms with Gasteiger partial charge in [0.2, 0.25) is 5.78 Å². The van der Waals surface area contributed by atoms with Crippen molar-refractivity contribution in [2.24, 2.45) is 5.92 Å². The maximum absolute atomic E-state index is 12.2. The molecule has 7 heteroatoms. The lowest BCUT2D eigenvalue weighted by atomic mass is 10.0. The zero-order chi connectivity index (χ0) is 13.4. The molecule has 0 aromatic carbocycles. The molecule has 0 rings (SSSR count). The normalized spacial score (nSPS) is 12.1. The molecule has 0 radical (unpaired) electrons. The predicted octanol–water partition coefficient (Wildman–Crippen LogP) is 0.953. The first kappa shape index (κ1) is 15.5. The minimum Gasteiger partial charge on any atom is -0.466 e. The topological polar surface area (TPSA) is 69.7 Å². The highest BCUT2D eigenvalue weighted by atomic mass is 19.3. The molecule has 1 atom stereocenters. The fourth-order valence-electron chi connectivity index (χ4n) is 1.08. The van der Waals surface area contributed by atoms with Crippen LogP contribution in [0.25, 0.3) is 0 Å². The van der Waals surface area contributed by atoms with Crippen LogP contribution in [0.3, 0.4) is 0 Å². The number of hydrogen-bond donors (Lipinski definition) is 0. The molecule has 17 heavy (non-hydrogen) atoms. The molecule has 0 N–H and O–H groups in total. The molecule has 0 aliphatic carbocycles. The lowest BCUT2D eigenvalue weighted by molar-refractivity contribution is -0.160. The summed E-state index contributed by atoms with van der Waals surface area (Å²) in [5, 5.41) is 0. The summed E-state index contributed by atoms with van der Waals surface area (Å²) in [7, 11) is 0. The molecule has 0 amide bonds. The Morgan fingerprint density at radius 3 is 2.00 bits per heavy atom. The molecule has 0 bridgehead atoms. The van der Waals surface area contributed by atoms with E-state index in [-0.39, 0.29) is 13.2 Å². The summed E-state index contributed by atoms with van der Waals surface area (Å²) in [6.45, 7) is 2.96. The van der Waals surface area contributed by atoms with Crippen molar-refractivity contribution in [2.45, 2.75) is 26.7 Å². The molecule has 5 nitrogen and oxygen atoms in total.